The van der Waals surface area contributed by atoms with E-state index < -0.39 is 6.04 Å². The third-order valence-corrected chi connectivity index (χ3v) is 6.29. The molecule has 3 aromatic carbocycles. The minimum Gasteiger partial charge on any atom is -0.354 e. The zero-order valence-electron chi connectivity index (χ0n) is 20.1. The molecule has 0 aliphatic carbocycles. The van der Waals surface area contributed by atoms with Crippen LogP contribution >= 0.6 is 15.9 Å². The number of benzene rings is 3. The van der Waals surface area contributed by atoms with Gasteiger partial charge in [0, 0.05) is 24.0 Å². The molecule has 1 atom stereocenters. The first kappa shape index (κ1) is 25.7. The van der Waals surface area contributed by atoms with Gasteiger partial charge in [0.1, 0.15) is 6.04 Å². The van der Waals surface area contributed by atoms with Gasteiger partial charge in [-0.15, -0.1) is 0 Å². The summed E-state index contributed by atoms with van der Waals surface area (Å²) in [6, 6.07) is 25.1. The molecule has 0 aromatic heterocycles. The fourth-order valence-corrected chi connectivity index (χ4v) is 4.33. The molecular weight excluding hydrogens is 488 g/mol. The lowest BCUT2D eigenvalue weighted by atomic mass is 10.00. The van der Waals surface area contributed by atoms with Crippen LogP contribution in [0, 0.1) is 12.8 Å². The van der Waals surface area contributed by atoms with E-state index in [9.17, 15) is 9.59 Å². The van der Waals surface area contributed by atoms with Crippen molar-refractivity contribution in [1.82, 2.24) is 10.2 Å². The molecule has 0 bridgehead atoms. The normalized spacial score (nSPS) is 11.8. The van der Waals surface area contributed by atoms with E-state index in [2.05, 4.69) is 35.1 Å². The van der Waals surface area contributed by atoms with Crippen molar-refractivity contribution in [2.24, 2.45) is 5.92 Å². The van der Waals surface area contributed by atoms with Gasteiger partial charge in [0.25, 0.3) is 0 Å². The molecule has 3 rings (SSSR count). The molecule has 4 nitrogen and oxygen atoms in total. The van der Waals surface area contributed by atoms with Gasteiger partial charge in [0.2, 0.25) is 11.8 Å². The maximum absolute atomic E-state index is 13.8. The van der Waals surface area contributed by atoms with Crippen molar-refractivity contribution in [3.63, 3.8) is 0 Å². The van der Waals surface area contributed by atoms with Crippen LogP contribution in [0.15, 0.2) is 83.3 Å². The van der Waals surface area contributed by atoms with Gasteiger partial charge in [-0.2, -0.15) is 0 Å². The second-order valence-corrected chi connectivity index (χ2v) is 10.0. The van der Waals surface area contributed by atoms with Crippen LogP contribution in [0.2, 0.25) is 0 Å². The summed E-state index contributed by atoms with van der Waals surface area (Å²) in [6.07, 6.45) is 0.710. The Bertz CT molecular complexity index is 1100. The lowest BCUT2D eigenvalue weighted by molar-refractivity contribution is -0.140. The maximum Gasteiger partial charge on any atom is 0.243 e. The molecule has 0 heterocycles. The number of nitrogens with one attached hydrogen (secondary N) is 1. The summed E-state index contributed by atoms with van der Waals surface area (Å²) in [6.45, 7) is 7.07. The van der Waals surface area contributed by atoms with Crippen molar-refractivity contribution in [3.05, 3.63) is 106 Å². The molecule has 0 spiro atoms. The maximum atomic E-state index is 13.8. The van der Waals surface area contributed by atoms with E-state index in [0.717, 1.165) is 26.7 Å². The number of carbonyl (C=O) groups is 2. The van der Waals surface area contributed by atoms with Gasteiger partial charge in [-0.3, -0.25) is 9.59 Å². The Morgan fingerprint density at radius 2 is 1.59 bits per heavy atom. The Morgan fingerprint density at radius 1 is 0.912 bits per heavy atom. The monoisotopic (exact) mass is 520 g/mol. The van der Waals surface area contributed by atoms with E-state index in [-0.39, 0.29) is 18.2 Å². The number of aryl methyl sites for hydroxylation is 1. The van der Waals surface area contributed by atoms with E-state index in [4.69, 9.17) is 0 Å². The van der Waals surface area contributed by atoms with Gasteiger partial charge >= 0.3 is 0 Å². The average Bonchev–Trinajstić information content (AvgIpc) is 2.82. The van der Waals surface area contributed by atoms with Crippen LogP contribution in [0.1, 0.15) is 36.1 Å². The highest BCUT2D eigenvalue weighted by Crippen LogP contribution is 2.20. The number of hydrogen-bond donors (Lipinski definition) is 1. The van der Waals surface area contributed by atoms with Crippen LogP contribution in [0.4, 0.5) is 0 Å². The molecule has 0 fully saturated rings. The number of nitrogens with zero attached hydrogens (tertiary/aromatic N) is 1. The number of hydrogen-bond acceptors (Lipinski definition) is 2. The lowest BCUT2D eigenvalue weighted by Gasteiger charge is -2.32. The Kier molecular flexibility index (Phi) is 9.46. The molecule has 0 aliphatic rings. The number of rotatable bonds is 10. The molecule has 2 amide bonds. The van der Waals surface area contributed by atoms with Gasteiger partial charge in [-0.25, -0.2) is 0 Å². The molecule has 34 heavy (non-hydrogen) atoms. The fourth-order valence-electron chi connectivity index (χ4n) is 3.88. The number of amides is 2. The largest absolute Gasteiger partial charge is 0.354 e. The standard InChI is InChI=1S/C29H33BrN2O2/c1-21(2)19-31-29(34)27(17-23-11-5-4-6-12-23)32(20-24-13-9-15-26(30)16-24)28(33)18-25-14-8-7-10-22(25)3/h4-16,21,27H,17-20H2,1-3H3,(H,31,34)/t27-/m0/s1. The van der Waals surface area contributed by atoms with Crippen LogP contribution in [-0.4, -0.2) is 29.3 Å². The SMILES string of the molecule is Cc1ccccc1CC(=O)N(Cc1cccc(Br)c1)[C@@H](Cc1ccccc1)C(=O)NCC(C)C. The van der Waals surface area contributed by atoms with E-state index in [1.54, 1.807) is 4.90 Å². The highest BCUT2D eigenvalue weighted by molar-refractivity contribution is 9.10. The first-order chi connectivity index (χ1) is 16.3. The lowest BCUT2D eigenvalue weighted by Crippen LogP contribution is -2.51. The molecule has 0 radical (unpaired) electrons. The highest BCUT2D eigenvalue weighted by atomic mass is 79.9. The molecule has 0 saturated carbocycles. The van der Waals surface area contributed by atoms with Gasteiger partial charge in [-0.1, -0.05) is 96.5 Å². The second kappa shape index (κ2) is 12.5. The van der Waals surface area contributed by atoms with Gasteiger partial charge in [0.15, 0.2) is 0 Å². The summed E-state index contributed by atoms with van der Waals surface area (Å²) < 4.78 is 0.945. The molecule has 1 N–H and O–H groups in total. The van der Waals surface area contributed by atoms with E-state index >= 15 is 0 Å². The average molecular weight is 521 g/mol. The zero-order valence-corrected chi connectivity index (χ0v) is 21.7. The Morgan fingerprint density at radius 3 is 2.26 bits per heavy atom. The molecular formula is C29H33BrN2O2. The fraction of sp³-hybridized carbons (Fsp3) is 0.310. The predicted molar refractivity (Wildman–Crippen MR) is 141 cm³/mol. The molecule has 3 aromatic rings. The third-order valence-electron chi connectivity index (χ3n) is 5.80. The van der Waals surface area contributed by atoms with Crippen molar-refractivity contribution in [2.45, 2.75) is 46.2 Å². The smallest absolute Gasteiger partial charge is 0.243 e. The molecule has 5 heteroatoms. The van der Waals surface area contributed by atoms with Crippen LogP contribution < -0.4 is 5.32 Å². The van der Waals surface area contributed by atoms with Crippen LogP contribution in [0.5, 0.6) is 0 Å². The summed E-state index contributed by atoms with van der Waals surface area (Å²) in [7, 11) is 0. The Hall–Kier alpha value is -2.92. The first-order valence-electron chi connectivity index (χ1n) is 11.7. The first-order valence-corrected chi connectivity index (χ1v) is 12.5. The Labute approximate surface area is 211 Å². The van der Waals surface area contributed by atoms with Crippen LogP contribution in [0.3, 0.4) is 0 Å². The summed E-state index contributed by atoms with van der Waals surface area (Å²) >= 11 is 3.53. The van der Waals surface area contributed by atoms with E-state index in [0.29, 0.717) is 25.4 Å². The zero-order chi connectivity index (χ0) is 24.5. The summed E-state index contributed by atoms with van der Waals surface area (Å²) in [5.41, 5.74) is 4.05. The summed E-state index contributed by atoms with van der Waals surface area (Å²) in [4.78, 5) is 29.0. The predicted octanol–water partition coefficient (Wildman–Crippen LogP) is 5.71. The second-order valence-electron chi connectivity index (χ2n) is 9.10. The van der Waals surface area contributed by atoms with Crippen molar-refractivity contribution in [1.29, 1.82) is 0 Å². The molecule has 0 saturated heterocycles. The van der Waals surface area contributed by atoms with Crippen molar-refractivity contribution < 1.29 is 9.59 Å². The van der Waals surface area contributed by atoms with E-state index in [1.807, 2.05) is 85.8 Å². The van der Waals surface area contributed by atoms with Crippen LogP contribution in [-0.2, 0) is 29.0 Å². The highest BCUT2D eigenvalue weighted by Gasteiger charge is 2.30. The van der Waals surface area contributed by atoms with E-state index in [1.165, 1.54) is 0 Å². The minimum atomic E-state index is -0.614. The van der Waals surface area contributed by atoms with Gasteiger partial charge in [0.05, 0.1) is 6.42 Å². The van der Waals surface area contributed by atoms with Gasteiger partial charge in [-0.05, 0) is 47.2 Å². The topological polar surface area (TPSA) is 49.4 Å². The molecule has 0 aliphatic heterocycles. The summed E-state index contributed by atoms with van der Waals surface area (Å²) in [5.74, 6) is 0.142. The number of halogens is 1. The quantitative estimate of drug-likeness (QED) is 0.372. The summed E-state index contributed by atoms with van der Waals surface area (Å²) in [5, 5.41) is 3.07. The van der Waals surface area contributed by atoms with Crippen molar-refractivity contribution in [2.75, 3.05) is 6.54 Å². The Balaban J connectivity index is 1.97. The third kappa shape index (κ3) is 7.56. The van der Waals surface area contributed by atoms with Crippen molar-refractivity contribution >= 4 is 27.7 Å². The minimum absolute atomic E-state index is 0.0603. The number of carbonyl (C=O) groups excluding carboxylic acids is 2. The molecule has 0 unspecified atom stereocenters. The molecule has 178 valence electrons. The van der Waals surface area contributed by atoms with Crippen molar-refractivity contribution in [3.8, 4) is 0 Å². The van der Waals surface area contributed by atoms with Crippen LogP contribution in [0.25, 0.3) is 0 Å². The van der Waals surface area contributed by atoms with Gasteiger partial charge < -0.3 is 10.2 Å².